The number of nitrogens with one attached hydrogen (secondary N) is 1. The third-order valence-corrected chi connectivity index (χ3v) is 3.36. The van der Waals surface area contributed by atoms with Crippen molar-refractivity contribution in [1.82, 2.24) is 20.1 Å². The fourth-order valence-electron chi connectivity index (χ4n) is 1.68. The molecule has 1 heterocycles. The molecule has 0 aliphatic rings. The van der Waals surface area contributed by atoms with Crippen LogP contribution in [0.3, 0.4) is 0 Å². The molecule has 100 valence electrons. The van der Waals surface area contributed by atoms with Crippen LogP contribution in [0.1, 0.15) is 29.1 Å². The Morgan fingerprint density at radius 1 is 1.53 bits per heavy atom. The van der Waals surface area contributed by atoms with Gasteiger partial charge in [-0.05, 0) is 41.1 Å². The van der Waals surface area contributed by atoms with E-state index in [1.165, 1.54) is 6.07 Å². The number of rotatable bonds is 3. The maximum Gasteiger partial charge on any atom is 0.251 e. The van der Waals surface area contributed by atoms with E-state index >= 15 is 0 Å². The van der Waals surface area contributed by atoms with Crippen molar-refractivity contribution in [2.75, 3.05) is 0 Å². The monoisotopic (exact) mass is 324 g/mol. The molecule has 1 aromatic heterocycles. The molecule has 0 saturated carbocycles. The van der Waals surface area contributed by atoms with E-state index in [2.05, 4.69) is 31.4 Å². The van der Waals surface area contributed by atoms with E-state index in [9.17, 15) is 9.90 Å². The Hall–Kier alpha value is -1.89. The van der Waals surface area contributed by atoms with Gasteiger partial charge in [0.2, 0.25) is 0 Å². The summed E-state index contributed by atoms with van der Waals surface area (Å²) in [5, 5.41) is 20.1. The molecule has 7 heteroatoms. The van der Waals surface area contributed by atoms with Gasteiger partial charge in [0.1, 0.15) is 12.1 Å². The van der Waals surface area contributed by atoms with E-state index in [0.29, 0.717) is 15.9 Å². The topological polar surface area (TPSA) is 80.0 Å². The number of phenolic OH excluding ortho intramolecular Hbond substituents is 1. The second-order valence-electron chi connectivity index (χ2n) is 4.16. The summed E-state index contributed by atoms with van der Waals surface area (Å²) in [6.07, 6.45) is 1.57. The lowest BCUT2D eigenvalue weighted by molar-refractivity contribution is 0.0937. The van der Waals surface area contributed by atoms with Crippen LogP contribution in [-0.4, -0.2) is 25.8 Å². The molecule has 6 nitrogen and oxygen atoms in total. The van der Waals surface area contributed by atoms with Crippen LogP contribution in [0, 0.1) is 0 Å². The zero-order valence-electron chi connectivity index (χ0n) is 10.5. The number of amides is 1. The molecule has 0 aliphatic heterocycles. The van der Waals surface area contributed by atoms with Crippen molar-refractivity contribution < 1.29 is 9.90 Å². The first kappa shape index (κ1) is 13.5. The fourth-order valence-corrected chi connectivity index (χ4v) is 1.93. The Morgan fingerprint density at radius 3 is 2.84 bits per heavy atom. The van der Waals surface area contributed by atoms with Gasteiger partial charge in [0.15, 0.2) is 5.82 Å². The number of benzene rings is 1. The number of halogens is 1. The highest BCUT2D eigenvalue weighted by atomic mass is 79.9. The predicted molar refractivity (Wildman–Crippen MR) is 72.7 cm³/mol. The van der Waals surface area contributed by atoms with Crippen LogP contribution in [0.4, 0.5) is 0 Å². The van der Waals surface area contributed by atoms with Crippen LogP contribution >= 0.6 is 15.9 Å². The van der Waals surface area contributed by atoms with Crippen LogP contribution in [-0.2, 0) is 7.05 Å². The lowest BCUT2D eigenvalue weighted by atomic mass is 10.2. The SMILES string of the molecule is CC(NC(=O)c1ccc(Br)c(O)c1)c1nncn1C. The van der Waals surface area contributed by atoms with Crippen LogP contribution in [0.5, 0.6) is 5.75 Å². The average molecular weight is 325 g/mol. The number of phenols is 1. The summed E-state index contributed by atoms with van der Waals surface area (Å²) in [6, 6.07) is 4.38. The van der Waals surface area contributed by atoms with Gasteiger partial charge in [0.25, 0.3) is 5.91 Å². The molecule has 2 rings (SSSR count). The Labute approximate surface area is 118 Å². The second-order valence-corrected chi connectivity index (χ2v) is 5.02. The van der Waals surface area contributed by atoms with Crippen molar-refractivity contribution in [3.8, 4) is 5.75 Å². The number of carbonyl (C=O) groups is 1. The molecule has 2 aromatic rings. The van der Waals surface area contributed by atoms with Crippen molar-refractivity contribution in [1.29, 1.82) is 0 Å². The molecule has 19 heavy (non-hydrogen) atoms. The minimum Gasteiger partial charge on any atom is -0.507 e. The third kappa shape index (κ3) is 2.93. The van der Waals surface area contributed by atoms with E-state index < -0.39 is 0 Å². The molecular weight excluding hydrogens is 312 g/mol. The van der Waals surface area contributed by atoms with Gasteiger partial charge in [-0.2, -0.15) is 0 Å². The number of carbonyl (C=O) groups excluding carboxylic acids is 1. The lowest BCUT2D eigenvalue weighted by Crippen LogP contribution is -2.28. The number of hydrogen-bond acceptors (Lipinski definition) is 4. The zero-order valence-corrected chi connectivity index (χ0v) is 12.0. The molecule has 1 aromatic carbocycles. The number of nitrogens with zero attached hydrogens (tertiary/aromatic N) is 3. The minimum absolute atomic E-state index is 0.0268. The molecule has 0 saturated heterocycles. The summed E-state index contributed by atoms with van der Waals surface area (Å²) >= 11 is 3.17. The molecule has 0 spiro atoms. The van der Waals surface area contributed by atoms with Crippen LogP contribution < -0.4 is 5.32 Å². The smallest absolute Gasteiger partial charge is 0.251 e. The number of aromatic nitrogens is 3. The van der Waals surface area contributed by atoms with Gasteiger partial charge in [-0.1, -0.05) is 0 Å². The minimum atomic E-state index is -0.279. The normalized spacial score (nSPS) is 12.2. The standard InChI is InChI=1S/C12H13BrN4O2/c1-7(11-16-14-6-17(11)2)15-12(19)8-3-4-9(13)10(18)5-8/h3-7,18H,1-2H3,(H,15,19). The maximum absolute atomic E-state index is 12.0. The predicted octanol–water partition coefficient (Wildman–Crippen LogP) is 1.77. The highest BCUT2D eigenvalue weighted by Crippen LogP contribution is 2.24. The highest BCUT2D eigenvalue weighted by molar-refractivity contribution is 9.10. The molecule has 2 N–H and O–H groups in total. The van der Waals surface area contributed by atoms with Gasteiger partial charge in [0, 0.05) is 12.6 Å². The quantitative estimate of drug-likeness (QED) is 0.901. The first-order valence-corrected chi connectivity index (χ1v) is 6.41. The van der Waals surface area contributed by atoms with Gasteiger partial charge >= 0.3 is 0 Å². The Balaban J connectivity index is 2.13. The average Bonchev–Trinajstić information content (AvgIpc) is 2.79. The maximum atomic E-state index is 12.0. The van der Waals surface area contributed by atoms with E-state index in [4.69, 9.17) is 0 Å². The summed E-state index contributed by atoms with van der Waals surface area (Å²) < 4.78 is 2.29. The number of aromatic hydroxyl groups is 1. The Kier molecular flexibility index (Phi) is 3.84. The van der Waals surface area contributed by atoms with Gasteiger partial charge in [-0.25, -0.2) is 0 Å². The summed E-state index contributed by atoms with van der Waals surface area (Å²) in [5.41, 5.74) is 0.384. The molecule has 0 fully saturated rings. The molecule has 0 bridgehead atoms. The van der Waals surface area contributed by atoms with Gasteiger partial charge in [0.05, 0.1) is 10.5 Å². The molecule has 0 aliphatic carbocycles. The van der Waals surface area contributed by atoms with Gasteiger partial charge in [-0.15, -0.1) is 10.2 Å². The lowest BCUT2D eigenvalue weighted by Gasteiger charge is -2.13. The van der Waals surface area contributed by atoms with Crippen molar-refractivity contribution >= 4 is 21.8 Å². The highest BCUT2D eigenvalue weighted by Gasteiger charge is 2.16. The van der Waals surface area contributed by atoms with E-state index in [0.717, 1.165) is 0 Å². The van der Waals surface area contributed by atoms with E-state index in [-0.39, 0.29) is 17.7 Å². The number of aryl methyl sites for hydroxylation is 1. The van der Waals surface area contributed by atoms with Crippen molar-refractivity contribution in [3.63, 3.8) is 0 Å². The second kappa shape index (κ2) is 5.40. The van der Waals surface area contributed by atoms with E-state index in [1.54, 1.807) is 23.0 Å². The largest absolute Gasteiger partial charge is 0.507 e. The zero-order chi connectivity index (χ0) is 14.0. The first-order valence-electron chi connectivity index (χ1n) is 5.62. The van der Waals surface area contributed by atoms with Crippen molar-refractivity contribution in [3.05, 3.63) is 40.4 Å². The number of hydrogen-bond donors (Lipinski definition) is 2. The third-order valence-electron chi connectivity index (χ3n) is 2.69. The summed E-state index contributed by atoms with van der Waals surface area (Å²) in [7, 11) is 1.81. The Morgan fingerprint density at radius 2 is 2.26 bits per heavy atom. The Bertz CT molecular complexity index is 612. The van der Waals surface area contributed by atoms with Gasteiger partial charge < -0.3 is 15.0 Å². The van der Waals surface area contributed by atoms with E-state index in [1.807, 2.05) is 14.0 Å². The summed E-state index contributed by atoms with van der Waals surface area (Å²) in [6.45, 7) is 1.82. The van der Waals surface area contributed by atoms with Crippen molar-refractivity contribution in [2.24, 2.45) is 7.05 Å². The van der Waals surface area contributed by atoms with Crippen LogP contribution in [0.15, 0.2) is 29.0 Å². The molecule has 0 radical (unpaired) electrons. The molecule has 1 amide bonds. The first-order chi connectivity index (χ1) is 8.99. The van der Waals surface area contributed by atoms with Gasteiger partial charge in [-0.3, -0.25) is 4.79 Å². The van der Waals surface area contributed by atoms with Crippen LogP contribution in [0.2, 0.25) is 0 Å². The molecular formula is C12H13BrN4O2. The fraction of sp³-hybridized carbons (Fsp3) is 0.250. The van der Waals surface area contributed by atoms with Crippen LogP contribution in [0.25, 0.3) is 0 Å². The molecule has 1 atom stereocenters. The molecule has 1 unspecified atom stereocenters. The summed E-state index contributed by atoms with van der Waals surface area (Å²) in [4.78, 5) is 12.0. The van der Waals surface area contributed by atoms with Crippen molar-refractivity contribution in [2.45, 2.75) is 13.0 Å². The summed E-state index contributed by atoms with van der Waals surface area (Å²) in [5.74, 6) is 0.409.